The molecule has 0 aliphatic heterocycles. The van der Waals surface area contributed by atoms with Gasteiger partial charge in [0.2, 0.25) is 0 Å². The van der Waals surface area contributed by atoms with Gasteiger partial charge in [-0.3, -0.25) is 4.57 Å². The Labute approximate surface area is 119 Å². The van der Waals surface area contributed by atoms with Crippen LogP contribution in [0.5, 0.6) is 0 Å². The van der Waals surface area contributed by atoms with E-state index in [-0.39, 0.29) is 29.6 Å². The second kappa shape index (κ2) is 8.98. The van der Waals surface area contributed by atoms with Gasteiger partial charge in [0.05, 0.1) is 6.61 Å². The van der Waals surface area contributed by atoms with E-state index in [0.29, 0.717) is 18.4 Å². The van der Waals surface area contributed by atoms with E-state index < -0.39 is 5.77 Å². The fourth-order valence-electron chi connectivity index (χ4n) is 0.524. The van der Waals surface area contributed by atoms with Crippen LogP contribution in [0.2, 0.25) is 0 Å². The average Bonchev–Trinajstić information content (AvgIpc) is 1.98. The summed E-state index contributed by atoms with van der Waals surface area (Å²) >= 11 is 5.36. The van der Waals surface area contributed by atoms with Gasteiger partial charge in [0, 0.05) is 5.75 Å². The molecule has 0 aromatic rings. The van der Waals surface area contributed by atoms with E-state index in [1.54, 1.807) is 0 Å². The molecule has 0 spiro atoms. The zero-order chi connectivity index (χ0) is 10.5. The summed E-state index contributed by atoms with van der Waals surface area (Å²) in [4.78, 5) is 0. The summed E-state index contributed by atoms with van der Waals surface area (Å²) in [5, 5.41) is 0. The van der Waals surface area contributed by atoms with Crippen molar-refractivity contribution in [2.24, 2.45) is 11.8 Å². The fraction of sp³-hybridized carbons (Fsp3) is 1.00. The maximum atomic E-state index is 11.6. The molecule has 82 valence electrons. The topological polar surface area (TPSA) is 26.3 Å². The number of rotatable bonds is 6. The van der Waals surface area contributed by atoms with E-state index in [0.717, 1.165) is 5.75 Å². The van der Waals surface area contributed by atoms with Gasteiger partial charge in [-0.1, -0.05) is 51.3 Å². The molecule has 0 rings (SSSR count). The molecule has 1 atom stereocenters. The van der Waals surface area contributed by atoms with Gasteiger partial charge in [0.15, 0.2) is 0 Å². The van der Waals surface area contributed by atoms with Gasteiger partial charge in [-0.15, -0.1) is 0 Å². The van der Waals surface area contributed by atoms with Gasteiger partial charge < -0.3 is 4.52 Å². The molecule has 0 saturated carbocycles. The normalized spacial score (nSPS) is 15.4. The summed E-state index contributed by atoms with van der Waals surface area (Å²) in [6.45, 7) is 8.75. The van der Waals surface area contributed by atoms with Crippen LogP contribution in [0.3, 0.4) is 0 Å². The molecule has 0 radical (unpaired) electrons. The van der Waals surface area contributed by atoms with Crippen LogP contribution >= 0.6 is 29.4 Å². The first kappa shape index (κ1) is 18.3. The van der Waals surface area contributed by atoms with E-state index in [1.807, 2.05) is 13.8 Å². The van der Waals surface area contributed by atoms with Gasteiger partial charge in [-0.25, -0.2) is 0 Å². The van der Waals surface area contributed by atoms with E-state index in [4.69, 9.17) is 4.52 Å². The summed E-state index contributed by atoms with van der Waals surface area (Å²) in [6, 6.07) is 0. The minimum absolute atomic E-state index is 0. The van der Waals surface area contributed by atoms with Crippen LogP contribution in [0, 0.1) is 11.8 Å². The Morgan fingerprint density at radius 2 is 1.79 bits per heavy atom. The molecule has 2 nitrogen and oxygen atoms in total. The van der Waals surface area contributed by atoms with Crippen LogP contribution in [0.15, 0.2) is 0 Å². The van der Waals surface area contributed by atoms with Crippen molar-refractivity contribution in [3.8, 4) is 0 Å². The Bertz CT molecular complexity index is 172. The molecular formula is C8H20NaO2PS2. The van der Waals surface area contributed by atoms with Crippen molar-refractivity contribution in [1.29, 1.82) is 0 Å². The Morgan fingerprint density at radius 3 is 2.14 bits per heavy atom. The van der Waals surface area contributed by atoms with Gasteiger partial charge in [0.25, 0.3) is 0 Å². The van der Waals surface area contributed by atoms with Crippen molar-refractivity contribution >= 4 is 59.0 Å². The molecule has 0 heterocycles. The van der Waals surface area contributed by atoms with Crippen LogP contribution in [0.25, 0.3) is 0 Å². The molecule has 0 aromatic carbocycles. The predicted octanol–water partition coefficient (Wildman–Crippen LogP) is 3.44. The first-order valence-corrected chi connectivity index (χ1v) is 8.82. The van der Waals surface area contributed by atoms with Crippen molar-refractivity contribution in [1.82, 2.24) is 0 Å². The minimum atomic E-state index is -2.69. The monoisotopic (exact) mass is 266 g/mol. The Kier molecular flexibility index (Phi) is 11.7. The van der Waals surface area contributed by atoms with Crippen molar-refractivity contribution in [3.05, 3.63) is 0 Å². The Hall–Kier alpha value is 1.89. The summed E-state index contributed by atoms with van der Waals surface area (Å²) < 4.78 is 16.9. The van der Waals surface area contributed by atoms with Gasteiger partial charge in [-0.05, 0) is 11.8 Å². The van der Waals surface area contributed by atoms with Gasteiger partial charge in [-0.2, -0.15) is 0 Å². The molecule has 0 fully saturated rings. The van der Waals surface area contributed by atoms with Crippen molar-refractivity contribution in [2.75, 3.05) is 12.4 Å². The summed E-state index contributed by atoms with van der Waals surface area (Å²) in [5.74, 6) is -0.933. The van der Waals surface area contributed by atoms with Gasteiger partial charge >= 0.3 is 35.3 Å². The standard InChI is InChI=1S/C8H19O2PS2.Na.H/c1-7(2)5-10-11(9,12)13-6-8(3)4;;/h7-8H,5-6H2,1-4H3,(H,9,12);;. The Balaban J connectivity index is 0. The van der Waals surface area contributed by atoms with Crippen molar-refractivity contribution in [2.45, 2.75) is 27.7 Å². The van der Waals surface area contributed by atoms with Crippen molar-refractivity contribution in [3.63, 3.8) is 0 Å². The molecule has 1 unspecified atom stereocenters. The average molecular weight is 266 g/mol. The third kappa shape index (κ3) is 12.0. The molecule has 0 bridgehead atoms. The predicted molar refractivity (Wildman–Crippen MR) is 71.8 cm³/mol. The molecule has 0 saturated heterocycles. The molecule has 0 aliphatic carbocycles. The maximum absolute atomic E-state index is 11.6. The van der Waals surface area contributed by atoms with E-state index in [2.05, 4.69) is 26.1 Å². The molecule has 0 amide bonds. The zero-order valence-corrected chi connectivity index (χ0v) is 11.3. The second-order valence-corrected chi connectivity index (χ2v) is 10.2. The summed E-state index contributed by atoms with van der Waals surface area (Å²) in [7, 11) is 0. The van der Waals surface area contributed by atoms with Crippen molar-refractivity contribution < 1.29 is 9.09 Å². The molecule has 0 N–H and O–H groups in total. The zero-order valence-electron chi connectivity index (χ0n) is 8.69. The van der Waals surface area contributed by atoms with Crippen LogP contribution < -0.4 is 0 Å². The second-order valence-electron chi connectivity index (χ2n) is 3.85. The first-order valence-electron chi connectivity index (χ1n) is 4.45. The molecule has 6 heteroatoms. The SMILES string of the molecule is CC(C)COP(=O)(S)SCC(C)C.[NaH]. The first-order chi connectivity index (χ1) is 5.83. The fourth-order valence-corrected chi connectivity index (χ4v) is 4.24. The third-order valence-electron chi connectivity index (χ3n) is 1.14. The Morgan fingerprint density at radius 1 is 1.29 bits per heavy atom. The number of hydrogen-bond donors (Lipinski definition) is 1. The van der Waals surface area contributed by atoms with Gasteiger partial charge in [0.1, 0.15) is 0 Å². The molecule has 0 aliphatic rings. The number of thiol groups is 1. The third-order valence-corrected chi connectivity index (χ3v) is 5.89. The molecule has 14 heavy (non-hydrogen) atoms. The van der Waals surface area contributed by atoms with Crippen LogP contribution in [-0.2, 0) is 9.09 Å². The van der Waals surface area contributed by atoms with E-state index >= 15 is 0 Å². The quantitative estimate of drug-likeness (QED) is 0.453. The van der Waals surface area contributed by atoms with Crippen LogP contribution in [0.4, 0.5) is 0 Å². The van der Waals surface area contributed by atoms with Crippen LogP contribution in [-0.4, -0.2) is 41.9 Å². The van der Waals surface area contributed by atoms with E-state index in [1.165, 1.54) is 11.4 Å². The number of hydrogen-bond acceptors (Lipinski definition) is 3. The molecular weight excluding hydrogens is 246 g/mol. The summed E-state index contributed by atoms with van der Waals surface area (Å²) in [5.41, 5.74) is 0. The van der Waals surface area contributed by atoms with Crippen LogP contribution in [0.1, 0.15) is 27.7 Å². The van der Waals surface area contributed by atoms with E-state index in [9.17, 15) is 4.57 Å². The summed E-state index contributed by atoms with van der Waals surface area (Å²) in [6.07, 6.45) is 0. The molecule has 0 aromatic heterocycles.